The molecule has 1 rings (SSSR count). The van der Waals surface area contributed by atoms with Crippen molar-refractivity contribution in [3.8, 4) is 5.75 Å². The number of Topliss-reactive ketones (excluding diaryl/α,β-unsaturated/α-hetero) is 1. The molecule has 0 aliphatic heterocycles. The minimum atomic E-state index is -0.107. The summed E-state index contributed by atoms with van der Waals surface area (Å²) in [5.41, 5.74) is 0.617. The SMILES string of the molecule is CC(C)COc1ccc(C(=O)CCO)cc1. The van der Waals surface area contributed by atoms with Crippen molar-refractivity contribution in [3.05, 3.63) is 29.8 Å². The van der Waals surface area contributed by atoms with E-state index in [0.29, 0.717) is 18.1 Å². The van der Waals surface area contributed by atoms with Crippen LogP contribution in [-0.4, -0.2) is 24.1 Å². The lowest BCUT2D eigenvalue weighted by atomic mass is 10.1. The van der Waals surface area contributed by atoms with Crippen molar-refractivity contribution in [2.45, 2.75) is 20.3 Å². The Morgan fingerprint density at radius 2 is 1.94 bits per heavy atom. The summed E-state index contributed by atoms with van der Waals surface area (Å²) >= 11 is 0. The predicted molar refractivity (Wildman–Crippen MR) is 62.8 cm³/mol. The number of hydrogen-bond donors (Lipinski definition) is 1. The van der Waals surface area contributed by atoms with Crippen molar-refractivity contribution >= 4 is 5.78 Å². The molecule has 0 atom stereocenters. The Balaban J connectivity index is 2.57. The Morgan fingerprint density at radius 1 is 1.31 bits per heavy atom. The summed E-state index contributed by atoms with van der Waals surface area (Å²) in [7, 11) is 0. The van der Waals surface area contributed by atoms with Gasteiger partial charge in [-0.3, -0.25) is 4.79 Å². The number of benzene rings is 1. The first-order valence-electron chi connectivity index (χ1n) is 5.50. The van der Waals surface area contributed by atoms with Crippen molar-refractivity contribution in [1.82, 2.24) is 0 Å². The van der Waals surface area contributed by atoms with Crippen LogP contribution in [0, 0.1) is 5.92 Å². The zero-order chi connectivity index (χ0) is 12.0. The normalized spacial score (nSPS) is 10.5. The van der Waals surface area contributed by atoms with Crippen LogP contribution in [0.5, 0.6) is 5.75 Å². The molecule has 0 aliphatic carbocycles. The minimum Gasteiger partial charge on any atom is -0.493 e. The number of aliphatic hydroxyl groups excluding tert-OH is 1. The highest BCUT2D eigenvalue weighted by Crippen LogP contribution is 2.14. The molecule has 0 aromatic heterocycles. The van der Waals surface area contributed by atoms with Gasteiger partial charge in [-0.2, -0.15) is 0 Å². The lowest BCUT2D eigenvalue weighted by Crippen LogP contribution is -2.05. The summed E-state index contributed by atoms with van der Waals surface area (Å²) in [5.74, 6) is 1.21. The molecule has 0 radical (unpaired) electrons. The number of carbonyl (C=O) groups is 1. The molecule has 0 aliphatic rings. The second-order valence-electron chi connectivity index (χ2n) is 4.13. The molecule has 3 heteroatoms. The highest BCUT2D eigenvalue weighted by Gasteiger charge is 2.05. The Bertz CT molecular complexity index is 328. The van der Waals surface area contributed by atoms with Gasteiger partial charge in [-0.05, 0) is 30.2 Å². The lowest BCUT2D eigenvalue weighted by Gasteiger charge is -2.08. The van der Waals surface area contributed by atoms with Gasteiger partial charge in [-0.25, -0.2) is 0 Å². The molecule has 0 amide bonds. The van der Waals surface area contributed by atoms with Crippen molar-refractivity contribution in [2.24, 2.45) is 5.92 Å². The molecule has 0 heterocycles. The molecular weight excluding hydrogens is 204 g/mol. The van der Waals surface area contributed by atoms with Gasteiger partial charge < -0.3 is 9.84 Å². The topological polar surface area (TPSA) is 46.5 Å². The fourth-order valence-corrected chi connectivity index (χ4v) is 1.25. The van der Waals surface area contributed by atoms with Crippen LogP contribution in [0.25, 0.3) is 0 Å². The van der Waals surface area contributed by atoms with E-state index in [1.165, 1.54) is 0 Å². The molecule has 0 saturated heterocycles. The van der Waals surface area contributed by atoms with Gasteiger partial charge in [0, 0.05) is 12.0 Å². The van der Waals surface area contributed by atoms with E-state index in [1.807, 2.05) is 0 Å². The van der Waals surface area contributed by atoms with E-state index in [4.69, 9.17) is 9.84 Å². The fourth-order valence-electron chi connectivity index (χ4n) is 1.25. The van der Waals surface area contributed by atoms with Crippen LogP contribution in [0.1, 0.15) is 30.6 Å². The largest absolute Gasteiger partial charge is 0.493 e. The second-order valence-corrected chi connectivity index (χ2v) is 4.13. The third-order valence-electron chi connectivity index (χ3n) is 2.10. The molecule has 0 bridgehead atoms. The van der Waals surface area contributed by atoms with Crippen LogP contribution in [0.2, 0.25) is 0 Å². The van der Waals surface area contributed by atoms with Gasteiger partial charge in [-0.15, -0.1) is 0 Å². The first kappa shape index (κ1) is 12.7. The van der Waals surface area contributed by atoms with Crippen LogP contribution in [-0.2, 0) is 0 Å². The van der Waals surface area contributed by atoms with E-state index in [0.717, 1.165) is 5.75 Å². The summed E-state index contributed by atoms with van der Waals surface area (Å²) in [5, 5.41) is 8.65. The first-order chi connectivity index (χ1) is 7.63. The van der Waals surface area contributed by atoms with Gasteiger partial charge >= 0.3 is 0 Å². The average molecular weight is 222 g/mol. The number of rotatable bonds is 6. The Kier molecular flexibility index (Phi) is 4.99. The number of hydrogen-bond acceptors (Lipinski definition) is 3. The van der Waals surface area contributed by atoms with Crippen LogP contribution >= 0.6 is 0 Å². The van der Waals surface area contributed by atoms with Crippen molar-refractivity contribution in [1.29, 1.82) is 0 Å². The van der Waals surface area contributed by atoms with Crippen LogP contribution < -0.4 is 4.74 Å². The smallest absolute Gasteiger partial charge is 0.165 e. The summed E-state index contributed by atoms with van der Waals surface area (Å²) in [4.78, 5) is 11.4. The van der Waals surface area contributed by atoms with E-state index in [-0.39, 0.29) is 18.8 Å². The molecule has 0 unspecified atom stereocenters. The molecule has 1 aromatic carbocycles. The van der Waals surface area contributed by atoms with Gasteiger partial charge in [-0.1, -0.05) is 13.8 Å². The van der Waals surface area contributed by atoms with Crippen molar-refractivity contribution in [2.75, 3.05) is 13.2 Å². The number of ether oxygens (including phenoxy) is 1. The maximum absolute atomic E-state index is 11.4. The number of carbonyl (C=O) groups excluding carboxylic acids is 1. The standard InChI is InChI=1S/C13H18O3/c1-10(2)9-16-12-5-3-11(4-6-12)13(15)7-8-14/h3-6,10,14H,7-9H2,1-2H3. The lowest BCUT2D eigenvalue weighted by molar-refractivity contribution is 0.0956. The summed E-state index contributed by atoms with van der Waals surface area (Å²) < 4.78 is 5.50. The van der Waals surface area contributed by atoms with Gasteiger partial charge in [0.15, 0.2) is 5.78 Å². The quantitative estimate of drug-likeness (QED) is 0.751. The molecule has 3 nitrogen and oxygen atoms in total. The van der Waals surface area contributed by atoms with Gasteiger partial charge in [0.1, 0.15) is 5.75 Å². The molecular formula is C13H18O3. The van der Waals surface area contributed by atoms with E-state index in [9.17, 15) is 4.79 Å². The van der Waals surface area contributed by atoms with Crippen molar-refractivity contribution < 1.29 is 14.6 Å². The molecule has 0 fully saturated rings. The fraction of sp³-hybridized carbons (Fsp3) is 0.462. The predicted octanol–water partition coefficient (Wildman–Crippen LogP) is 2.29. The first-order valence-corrected chi connectivity index (χ1v) is 5.50. The molecule has 1 aromatic rings. The van der Waals surface area contributed by atoms with Crippen molar-refractivity contribution in [3.63, 3.8) is 0 Å². The van der Waals surface area contributed by atoms with E-state index in [1.54, 1.807) is 24.3 Å². The van der Waals surface area contributed by atoms with Gasteiger partial charge in [0.05, 0.1) is 13.2 Å². The van der Waals surface area contributed by atoms with Gasteiger partial charge in [0.2, 0.25) is 0 Å². The third-order valence-corrected chi connectivity index (χ3v) is 2.10. The van der Waals surface area contributed by atoms with E-state index in [2.05, 4.69) is 13.8 Å². The van der Waals surface area contributed by atoms with Crippen LogP contribution in [0.3, 0.4) is 0 Å². The number of ketones is 1. The minimum absolute atomic E-state index is 0.0436. The Labute approximate surface area is 96.1 Å². The maximum Gasteiger partial charge on any atom is 0.165 e. The highest BCUT2D eigenvalue weighted by molar-refractivity contribution is 5.96. The Morgan fingerprint density at radius 3 is 2.44 bits per heavy atom. The molecule has 16 heavy (non-hydrogen) atoms. The Hall–Kier alpha value is -1.35. The molecule has 0 saturated carbocycles. The van der Waals surface area contributed by atoms with Gasteiger partial charge in [0.25, 0.3) is 0 Å². The van der Waals surface area contributed by atoms with Crippen LogP contribution in [0.4, 0.5) is 0 Å². The highest BCUT2D eigenvalue weighted by atomic mass is 16.5. The summed E-state index contributed by atoms with van der Waals surface area (Å²) in [6.45, 7) is 4.73. The third kappa shape index (κ3) is 4.03. The van der Waals surface area contributed by atoms with E-state index < -0.39 is 0 Å². The summed E-state index contributed by atoms with van der Waals surface area (Å²) in [6.07, 6.45) is 0.173. The maximum atomic E-state index is 11.4. The monoisotopic (exact) mass is 222 g/mol. The molecule has 88 valence electrons. The average Bonchev–Trinajstić information content (AvgIpc) is 2.27. The zero-order valence-corrected chi connectivity index (χ0v) is 9.77. The second kappa shape index (κ2) is 6.28. The molecule has 0 spiro atoms. The van der Waals surface area contributed by atoms with E-state index >= 15 is 0 Å². The molecule has 1 N–H and O–H groups in total. The summed E-state index contributed by atoms with van der Waals surface area (Å²) in [6, 6.07) is 7.03. The zero-order valence-electron chi connectivity index (χ0n) is 9.77. The van der Waals surface area contributed by atoms with Crippen LogP contribution in [0.15, 0.2) is 24.3 Å². The number of aliphatic hydroxyl groups is 1.